The molecule has 27 heteroatoms. The lowest BCUT2D eigenvalue weighted by molar-refractivity contribution is -0.198. The van der Waals surface area contributed by atoms with Gasteiger partial charge in [0.05, 0.1) is 85.7 Å². The highest BCUT2D eigenvalue weighted by atomic mass is 16.7. The molecule has 1 heterocycles. The number of aliphatic carboxylic acids is 1. The summed E-state index contributed by atoms with van der Waals surface area (Å²) in [7, 11) is 4.74. The van der Waals surface area contributed by atoms with E-state index in [1.165, 1.54) is 0 Å². The third kappa shape index (κ3) is 53.6. The predicted octanol–water partition coefficient (Wildman–Crippen LogP) is 6.92. The maximum absolute atomic E-state index is 12.5. The summed E-state index contributed by atoms with van der Waals surface area (Å²) in [5, 5.41) is 17.7. The second kappa shape index (κ2) is 64.5. The lowest BCUT2D eigenvalue weighted by Gasteiger charge is -2.16. The molecule has 0 aromatic heterocycles. The number of nitrogens with zero attached hydrogens (tertiary/aromatic N) is 1. The molecular formula is C69H114N4O23. The third-order valence-corrected chi connectivity index (χ3v) is 13.5. The van der Waals surface area contributed by atoms with E-state index in [1.54, 1.807) is 28.3 Å². The molecule has 0 bridgehead atoms. The molecule has 1 aliphatic rings. The van der Waals surface area contributed by atoms with Gasteiger partial charge in [-0.1, -0.05) is 88.4 Å². The molecule has 3 rings (SSSR count). The number of hydrogen-bond donors (Lipinski definition) is 4. The summed E-state index contributed by atoms with van der Waals surface area (Å²) >= 11 is 0. The van der Waals surface area contributed by atoms with Gasteiger partial charge in [0.1, 0.15) is 13.2 Å². The van der Waals surface area contributed by atoms with Crippen molar-refractivity contribution in [2.45, 2.75) is 144 Å². The van der Waals surface area contributed by atoms with Gasteiger partial charge in [0, 0.05) is 124 Å². The molecule has 5 amide bonds. The van der Waals surface area contributed by atoms with Crippen molar-refractivity contribution in [3.63, 3.8) is 0 Å². The molecule has 1 fully saturated rings. The Hall–Kier alpha value is -6.53. The highest BCUT2D eigenvalue weighted by Gasteiger charge is 2.33. The van der Waals surface area contributed by atoms with Gasteiger partial charge in [0.15, 0.2) is 0 Å². The number of methoxy groups -OCH3 is 3. The largest absolute Gasteiger partial charge is 0.481 e. The highest BCUT2D eigenvalue weighted by Crippen LogP contribution is 2.18. The molecule has 96 heavy (non-hydrogen) atoms. The fraction of sp³-hybridized carbons (Fsp3) is 0.696. The Balaban J connectivity index is 0.00000127. The molecule has 0 aliphatic carbocycles. The number of hydrogen-bond acceptors (Lipinski definition) is 22. The number of carboxylic acid groups (broad SMARTS) is 1. The van der Waals surface area contributed by atoms with E-state index in [-0.39, 0.29) is 106 Å². The lowest BCUT2D eigenvalue weighted by Crippen LogP contribution is -2.33. The quantitative estimate of drug-likeness (QED) is 0.0297. The number of rotatable bonds is 55. The van der Waals surface area contributed by atoms with Crippen LogP contribution in [0.1, 0.15) is 142 Å². The van der Waals surface area contributed by atoms with Crippen LogP contribution in [-0.4, -0.2) is 217 Å². The van der Waals surface area contributed by atoms with Crippen LogP contribution in [0.2, 0.25) is 0 Å². The number of nitrogens with one attached hydrogen (secondary N) is 3. The number of carbonyl (C=O) groups excluding carboxylic acids is 8. The van der Waals surface area contributed by atoms with Gasteiger partial charge in [-0.05, 0) is 75.3 Å². The van der Waals surface area contributed by atoms with E-state index in [0.717, 1.165) is 63.1 Å². The minimum atomic E-state index is -0.885. The Labute approximate surface area is 568 Å². The summed E-state index contributed by atoms with van der Waals surface area (Å²) in [5.74, 6) is -4.13. The number of imide groups is 1. The van der Waals surface area contributed by atoms with Crippen LogP contribution >= 0.6 is 0 Å². The Bertz CT molecular complexity index is 2290. The van der Waals surface area contributed by atoms with E-state index in [1.807, 2.05) is 67.6 Å². The summed E-state index contributed by atoms with van der Waals surface area (Å²) in [6.45, 7) is 18.8. The summed E-state index contributed by atoms with van der Waals surface area (Å²) < 4.78 is 62.6. The molecule has 0 spiro atoms. The monoisotopic (exact) mass is 1370 g/mol. The average Bonchev–Trinajstić information content (AvgIpc) is 1.79. The van der Waals surface area contributed by atoms with Crippen molar-refractivity contribution in [2.75, 3.05) is 153 Å². The predicted molar refractivity (Wildman–Crippen MR) is 355 cm³/mol. The molecule has 4 N–H and O–H groups in total. The molecule has 2 aromatic rings. The molecule has 3 unspecified atom stereocenters. The van der Waals surface area contributed by atoms with Gasteiger partial charge >= 0.3 is 23.9 Å². The van der Waals surface area contributed by atoms with E-state index in [9.17, 15) is 43.2 Å². The summed E-state index contributed by atoms with van der Waals surface area (Å²) in [4.78, 5) is 109. The van der Waals surface area contributed by atoms with Crippen molar-refractivity contribution in [1.29, 1.82) is 0 Å². The fourth-order valence-corrected chi connectivity index (χ4v) is 8.22. The molecule has 1 aliphatic heterocycles. The first-order valence-corrected chi connectivity index (χ1v) is 33.6. The summed E-state index contributed by atoms with van der Waals surface area (Å²) in [6, 6.07) is 19.1. The maximum Gasteiger partial charge on any atom is 0.335 e. The van der Waals surface area contributed by atoms with Crippen LogP contribution in [0.5, 0.6) is 0 Å². The fourth-order valence-electron chi connectivity index (χ4n) is 8.22. The van der Waals surface area contributed by atoms with E-state index >= 15 is 0 Å². The lowest BCUT2D eigenvalue weighted by atomic mass is 9.96. The van der Waals surface area contributed by atoms with Gasteiger partial charge in [-0.3, -0.25) is 38.4 Å². The minimum absolute atomic E-state index is 0.00587. The first kappa shape index (κ1) is 89.5. The number of carbonyl (C=O) groups is 9. The van der Waals surface area contributed by atoms with Crippen LogP contribution in [0, 0.1) is 17.8 Å². The number of esters is 2. The van der Waals surface area contributed by atoms with Gasteiger partial charge in [0.2, 0.25) is 17.7 Å². The third-order valence-electron chi connectivity index (χ3n) is 13.5. The standard InChI is InChI=1S/C23H37NO6.C16H31NO6.C16H23NO4.C14H23NO7/c1-3-14-28-17-18-29-15-7-10-21(23(26)24-13-16-27-2)11-12-22(25)30-19-20-8-5-4-6-9-20;1-3-9-22-12-13-23-10-4-5-14(6-7-15(18)19)16(20)17-8-11-21-2;1-13(16(19)17-10-11-20-2)8-9-15(18)21-12-14-6-4-3-5-7-14;1-2-6-19-8-10-21-11-9-20-7-5-14(18)22-15-12(16)3-4-13(15)17/h4-6,8-9,21H,3,7,10-19H2,1-2H3,(H,24,26);14H,3-13H2,1-2H3,(H,17,20)(H,18,19);3-7,13H,8-12H2,1-2H3,(H,17,19);2-11H2,1H3. The first-order valence-electron chi connectivity index (χ1n) is 33.6. The number of benzene rings is 2. The normalized spacial score (nSPS) is 12.5. The smallest absolute Gasteiger partial charge is 0.335 e. The zero-order valence-electron chi connectivity index (χ0n) is 58.3. The Morgan fingerprint density at radius 3 is 1.17 bits per heavy atom. The van der Waals surface area contributed by atoms with Crippen molar-refractivity contribution in [3.05, 3.63) is 71.8 Å². The van der Waals surface area contributed by atoms with Gasteiger partial charge in [-0.15, -0.1) is 5.06 Å². The van der Waals surface area contributed by atoms with Gasteiger partial charge in [-0.25, -0.2) is 4.79 Å². The molecule has 0 radical (unpaired) electrons. The van der Waals surface area contributed by atoms with Crippen LogP contribution in [0.15, 0.2) is 60.7 Å². The van der Waals surface area contributed by atoms with Gasteiger partial charge in [-0.2, -0.15) is 0 Å². The SMILES string of the molecule is CCCOCCOCCCC(CCC(=O)O)C(=O)NCCOC.CCCOCCOCCCC(CCC(=O)OCc1ccccc1)C(=O)NCCOC.CCCOCCOCCOCCC(=O)ON1C(=O)CCC1=O.COCCNC(=O)C(C)CCC(=O)OCc1ccccc1. The molecule has 1 saturated heterocycles. The van der Waals surface area contributed by atoms with E-state index < -0.39 is 23.8 Å². The second-order valence-electron chi connectivity index (χ2n) is 21.8. The topological polar surface area (TPSA) is 333 Å². The molecule has 548 valence electrons. The Morgan fingerprint density at radius 1 is 0.427 bits per heavy atom. The molecular weight excluding hydrogens is 1250 g/mol. The maximum atomic E-state index is 12.5. The zero-order chi connectivity index (χ0) is 70.9. The van der Waals surface area contributed by atoms with Crippen LogP contribution < -0.4 is 16.0 Å². The number of hydroxylamine groups is 2. The van der Waals surface area contributed by atoms with Crippen LogP contribution in [0.3, 0.4) is 0 Å². The van der Waals surface area contributed by atoms with Crippen LogP contribution in [-0.2, 0) is 118 Å². The summed E-state index contributed by atoms with van der Waals surface area (Å²) in [5.41, 5.74) is 1.90. The zero-order valence-corrected chi connectivity index (χ0v) is 58.3. The van der Waals surface area contributed by atoms with Crippen molar-refractivity contribution in [2.24, 2.45) is 17.8 Å². The van der Waals surface area contributed by atoms with Crippen molar-refractivity contribution in [1.82, 2.24) is 21.0 Å². The summed E-state index contributed by atoms with van der Waals surface area (Å²) in [6.07, 6.45) is 7.55. The molecule has 3 atom stereocenters. The van der Waals surface area contributed by atoms with Crippen molar-refractivity contribution in [3.8, 4) is 0 Å². The van der Waals surface area contributed by atoms with E-state index in [4.69, 9.17) is 61.9 Å². The highest BCUT2D eigenvalue weighted by molar-refractivity contribution is 6.01. The average molecular weight is 1370 g/mol. The van der Waals surface area contributed by atoms with Gasteiger partial charge < -0.3 is 82.7 Å². The Morgan fingerprint density at radius 2 is 0.781 bits per heavy atom. The molecule has 0 saturated carbocycles. The first-order chi connectivity index (χ1) is 46.6. The number of amides is 5. The number of carboxylic acids is 1. The van der Waals surface area contributed by atoms with E-state index in [2.05, 4.69) is 34.6 Å². The van der Waals surface area contributed by atoms with Crippen molar-refractivity contribution >= 4 is 53.4 Å². The van der Waals surface area contributed by atoms with Crippen LogP contribution in [0.25, 0.3) is 0 Å². The van der Waals surface area contributed by atoms with Crippen LogP contribution in [0.4, 0.5) is 0 Å². The second-order valence-corrected chi connectivity index (χ2v) is 21.8. The van der Waals surface area contributed by atoms with E-state index in [0.29, 0.717) is 143 Å². The molecule has 2 aromatic carbocycles. The number of ether oxygens (including phenoxy) is 12. The molecule has 27 nitrogen and oxygen atoms in total. The van der Waals surface area contributed by atoms with Crippen molar-refractivity contribution < 1.29 is 110 Å². The Kier molecular flexibility index (Phi) is 60.1. The minimum Gasteiger partial charge on any atom is -0.481 e. The van der Waals surface area contributed by atoms with Gasteiger partial charge in [0.25, 0.3) is 11.8 Å².